The van der Waals surface area contributed by atoms with E-state index in [0.717, 1.165) is 47.0 Å². The minimum Gasteiger partial charge on any atom is -0.487 e. The highest BCUT2D eigenvalue weighted by Crippen LogP contribution is 2.32. The molecule has 0 fully saturated rings. The average molecular weight is 758 g/mol. The van der Waals surface area contributed by atoms with E-state index in [1.807, 2.05) is 66.0 Å². The number of anilines is 2. The average Bonchev–Trinajstić information content (AvgIpc) is 3.42. The van der Waals surface area contributed by atoms with Crippen molar-refractivity contribution in [2.75, 3.05) is 5.32 Å². The van der Waals surface area contributed by atoms with E-state index in [0.29, 0.717) is 17.2 Å². The largest absolute Gasteiger partial charge is 0.487 e. The summed E-state index contributed by atoms with van der Waals surface area (Å²) in [7, 11) is 0. The summed E-state index contributed by atoms with van der Waals surface area (Å²) >= 11 is 13.3. The van der Waals surface area contributed by atoms with E-state index in [1.54, 1.807) is 18.3 Å². The van der Waals surface area contributed by atoms with Gasteiger partial charge in [0.15, 0.2) is 5.13 Å². The third-order valence-corrected chi connectivity index (χ3v) is 8.31. The van der Waals surface area contributed by atoms with E-state index < -0.39 is 0 Å². The number of aryl methyl sites for hydroxylation is 1. The molecular formula is C31H23BrClIN4O2S. The van der Waals surface area contributed by atoms with Gasteiger partial charge in [-0.1, -0.05) is 53.6 Å². The molecule has 0 unspecified atom stereocenters. The summed E-state index contributed by atoms with van der Waals surface area (Å²) in [5.41, 5.74) is 8.86. The van der Waals surface area contributed by atoms with Gasteiger partial charge in [0.25, 0.3) is 5.91 Å². The molecule has 5 aromatic rings. The van der Waals surface area contributed by atoms with E-state index in [9.17, 15) is 4.79 Å². The Bertz CT molecular complexity index is 1690. The lowest BCUT2D eigenvalue weighted by atomic mass is 10.1. The molecule has 0 saturated heterocycles. The normalized spacial score (nSPS) is 11.0. The van der Waals surface area contributed by atoms with Crippen molar-refractivity contribution in [3.63, 3.8) is 0 Å². The molecule has 0 radical (unpaired) electrons. The second-order valence-electron chi connectivity index (χ2n) is 9.04. The van der Waals surface area contributed by atoms with Gasteiger partial charge in [-0.3, -0.25) is 4.79 Å². The molecule has 1 amide bonds. The molecule has 10 heteroatoms. The van der Waals surface area contributed by atoms with Crippen LogP contribution in [0.15, 0.2) is 99.9 Å². The maximum atomic E-state index is 12.7. The van der Waals surface area contributed by atoms with E-state index in [4.69, 9.17) is 16.3 Å². The van der Waals surface area contributed by atoms with Gasteiger partial charge in [0.2, 0.25) is 0 Å². The number of carbonyl (C=O) groups is 1. The molecule has 0 bridgehead atoms. The highest BCUT2D eigenvalue weighted by molar-refractivity contribution is 14.1. The number of benzene rings is 4. The van der Waals surface area contributed by atoms with Gasteiger partial charge in [-0.25, -0.2) is 10.4 Å². The number of hydrogen-bond acceptors (Lipinski definition) is 6. The number of rotatable bonds is 9. The fourth-order valence-corrected chi connectivity index (χ4v) is 6.53. The molecule has 4 aromatic carbocycles. The summed E-state index contributed by atoms with van der Waals surface area (Å²) in [6.45, 7) is 2.54. The van der Waals surface area contributed by atoms with Crippen LogP contribution in [-0.4, -0.2) is 17.1 Å². The number of halogens is 3. The van der Waals surface area contributed by atoms with Crippen molar-refractivity contribution in [2.45, 2.75) is 13.5 Å². The molecule has 0 aliphatic rings. The van der Waals surface area contributed by atoms with Crippen LogP contribution < -0.4 is 15.5 Å². The number of aromatic nitrogens is 1. The Morgan fingerprint density at radius 2 is 1.88 bits per heavy atom. The lowest BCUT2D eigenvalue weighted by Gasteiger charge is -2.12. The highest BCUT2D eigenvalue weighted by Gasteiger charge is 2.11. The quantitative estimate of drug-likeness (QED) is 0.0894. The van der Waals surface area contributed by atoms with Gasteiger partial charge >= 0.3 is 0 Å². The van der Waals surface area contributed by atoms with Crippen molar-refractivity contribution in [2.24, 2.45) is 5.10 Å². The third kappa shape index (κ3) is 7.94. The first-order valence-electron chi connectivity index (χ1n) is 12.4. The first-order valence-corrected chi connectivity index (χ1v) is 15.6. The molecule has 0 atom stereocenters. The fourth-order valence-electron chi connectivity index (χ4n) is 3.89. The van der Waals surface area contributed by atoms with Crippen molar-refractivity contribution in [1.82, 2.24) is 10.4 Å². The Morgan fingerprint density at radius 3 is 2.61 bits per heavy atom. The monoisotopic (exact) mass is 756 g/mol. The summed E-state index contributed by atoms with van der Waals surface area (Å²) in [4.78, 5) is 17.3. The summed E-state index contributed by atoms with van der Waals surface area (Å²) in [5.74, 6) is 0.462. The van der Waals surface area contributed by atoms with E-state index in [1.165, 1.54) is 16.9 Å². The zero-order valence-corrected chi connectivity index (χ0v) is 27.0. The number of thiazole rings is 1. The number of nitrogens with zero attached hydrogens (tertiary/aromatic N) is 2. The first kappa shape index (κ1) is 29.2. The Balaban J connectivity index is 1.16. The fraction of sp³-hybridized carbons (Fsp3) is 0.0645. The topological polar surface area (TPSA) is 75.6 Å². The molecule has 2 N–H and O–H groups in total. The molecule has 0 spiro atoms. The molecule has 1 heterocycles. The van der Waals surface area contributed by atoms with Crippen LogP contribution in [0.2, 0.25) is 5.02 Å². The van der Waals surface area contributed by atoms with E-state index >= 15 is 0 Å². The molecule has 1 aromatic heterocycles. The standard InChI is InChI=1S/C31H23BrClIN4O2S/c1-19-3-2-4-20(13-19)17-40-29-26(32)14-21(15-27(29)34)16-35-38-30(39)23-7-5-22(6-8-23)28-18-41-31(37-28)36-25-11-9-24(33)10-12-25/h2-16,18H,17H2,1H3,(H,36,37)(H,38,39)/b35-16-. The predicted octanol–water partition coefficient (Wildman–Crippen LogP) is 9.23. The molecule has 5 rings (SSSR count). The Hall–Kier alpha value is -3.25. The van der Waals surface area contributed by atoms with Crippen LogP contribution in [0.1, 0.15) is 27.0 Å². The van der Waals surface area contributed by atoms with Gasteiger partial charge in [-0.15, -0.1) is 11.3 Å². The molecule has 0 aliphatic carbocycles. The molecule has 6 nitrogen and oxygen atoms in total. The van der Waals surface area contributed by atoms with Gasteiger partial charge in [-0.2, -0.15) is 5.10 Å². The first-order chi connectivity index (χ1) is 19.8. The van der Waals surface area contributed by atoms with Crippen LogP contribution in [0.5, 0.6) is 5.75 Å². The summed E-state index contributed by atoms with van der Waals surface area (Å²) in [5, 5.41) is 10.8. The van der Waals surface area contributed by atoms with Crippen molar-refractivity contribution < 1.29 is 9.53 Å². The van der Waals surface area contributed by atoms with Crippen LogP contribution in [-0.2, 0) is 6.61 Å². The van der Waals surface area contributed by atoms with Crippen LogP contribution in [0.25, 0.3) is 11.3 Å². The maximum absolute atomic E-state index is 12.7. The van der Waals surface area contributed by atoms with Crippen LogP contribution in [0.4, 0.5) is 10.8 Å². The Kier molecular flexibility index (Phi) is 9.71. The van der Waals surface area contributed by atoms with Crippen LogP contribution in [0.3, 0.4) is 0 Å². The zero-order valence-electron chi connectivity index (χ0n) is 21.7. The maximum Gasteiger partial charge on any atom is 0.271 e. The minimum atomic E-state index is -0.303. The van der Waals surface area contributed by atoms with Crippen molar-refractivity contribution >= 4 is 84.4 Å². The second kappa shape index (κ2) is 13.6. The molecule has 0 aliphatic heterocycles. The third-order valence-electron chi connectivity index (χ3n) is 5.91. The van der Waals surface area contributed by atoms with Gasteiger partial charge < -0.3 is 10.1 Å². The lowest BCUT2D eigenvalue weighted by molar-refractivity contribution is 0.0955. The van der Waals surface area contributed by atoms with Crippen molar-refractivity contribution in [3.05, 3.63) is 126 Å². The van der Waals surface area contributed by atoms with Gasteiger partial charge in [0, 0.05) is 27.2 Å². The van der Waals surface area contributed by atoms with Crippen LogP contribution >= 0.6 is 61.5 Å². The number of nitrogens with one attached hydrogen (secondary N) is 2. The summed E-state index contributed by atoms with van der Waals surface area (Å²) < 4.78 is 7.80. The second-order valence-corrected chi connectivity index (χ2v) is 12.3. The zero-order chi connectivity index (χ0) is 28.8. The highest BCUT2D eigenvalue weighted by atomic mass is 127. The Morgan fingerprint density at radius 1 is 1.10 bits per heavy atom. The number of ether oxygens (including phenoxy) is 1. The van der Waals surface area contributed by atoms with Crippen LogP contribution in [0, 0.1) is 10.5 Å². The van der Waals surface area contributed by atoms with E-state index in [2.05, 4.69) is 78.4 Å². The SMILES string of the molecule is Cc1cccc(COc2c(Br)cc(/C=N\NC(=O)c3ccc(-c4csc(Nc5ccc(Cl)cc5)n4)cc3)cc2I)c1. The smallest absolute Gasteiger partial charge is 0.271 e. The number of amides is 1. The Labute approximate surface area is 269 Å². The molecule has 0 saturated carbocycles. The minimum absolute atomic E-state index is 0.303. The van der Waals surface area contributed by atoms with Gasteiger partial charge in [-0.05, 0) is 105 Å². The van der Waals surface area contributed by atoms with Crippen molar-refractivity contribution in [3.8, 4) is 17.0 Å². The lowest BCUT2D eigenvalue weighted by Crippen LogP contribution is -2.17. The number of hydrogen-bond donors (Lipinski definition) is 2. The molecule has 41 heavy (non-hydrogen) atoms. The predicted molar refractivity (Wildman–Crippen MR) is 180 cm³/mol. The molecule has 206 valence electrons. The van der Waals surface area contributed by atoms with Crippen molar-refractivity contribution in [1.29, 1.82) is 0 Å². The number of hydrazone groups is 1. The molecular weight excluding hydrogens is 735 g/mol. The van der Waals surface area contributed by atoms with Gasteiger partial charge in [0.1, 0.15) is 12.4 Å². The van der Waals surface area contributed by atoms with E-state index in [-0.39, 0.29) is 5.91 Å². The van der Waals surface area contributed by atoms with Gasteiger partial charge in [0.05, 0.1) is 20.0 Å². The summed E-state index contributed by atoms with van der Waals surface area (Å²) in [6.07, 6.45) is 1.61. The summed E-state index contributed by atoms with van der Waals surface area (Å²) in [6, 6.07) is 26.8. The number of carbonyl (C=O) groups excluding carboxylic acids is 1.